The van der Waals surface area contributed by atoms with Crippen molar-refractivity contribution in [1.82, 2.24) is 14.9 Å². The predicted molar refractivity (Wildman–Crippen MR) is 71.4 cm³/mol. The van der Waals surface area contributed by atoms with E-state index >= 15 is 0 Å². The second-order valence-electron chi connectivity index (χ2n) is 4.17. The number of aromatic nitrogens is 3. The first-order valence-electron chi connectivity index (χ1n) is 5.52. The van der Waals surface area contributed by atoms with Crippen molar-refractivity contribution in [3.8, 4) is 0 Å². The first-order chi connectivity index (χ1) is 8.24. The van der Waals surface area contributed by atoms with Gasteiger partial charge in [0, 0.05) is 15.7 Å². The third-order valence-electron chi connectivity index (χ3n) is 2.68. The lowest BCUT2D eigenvalue weighted by Crippen LogP contribution is -1.96. The van der Waals surface area contributed by atoms with E-state index in [2.05, 4.69) is 34.4 Å². The average Bonchev–Trinajstić information content (AvgIpc) is 2.97. The molecule has 2 aromatic heterocycles. The number of nitrogens with one attached hydrogen (secondary N) is 1. The van der Waals surface area contributed by atoms with E-state index in [-0.39, 0.29) is 0 Å². The first kappa shape index (κ1) is 10.9. The largest absolute Gasteiger partial charge is 0.250 e. The fourth-order valence-corrected chi connectivity index (χ4v) is 2.59. The molecule has 0 amide bonds. The summed E-state index contributed by atoms with van der Waals surface area (Å²) in [5, 5.41) is 11.5. The molecule has 1 aliphatic rings. The molecule has 17 heavy (non-hydrogen) atoms. The topological polar surface area (TPSA) is 46.0 Å². The van der Waals surface area contributed by atoms with Crippen molar-refractivity contribution in [2.75, 3.05) is 0 Å². The Morgan fingerprint density at radius 3 is 3.06 bits per heavy atom. The van der Waals surface area contributed by atoms with Gasteiger partial charge in [-0.05, 0) is 44.1 Å². The molecule has 0 unspecified atom stereocenters. The maximum atomic E-state index is 5.18. The third-order valence-corrected chi connectivity index (χ3v) is 3.88. The quantitative estimate of drug-likeness (QED) is 0.684. The van der Waals surface area contributed by atoms with Crippen LogP contribution in [0.1, 0.15) is 34.3 Å². The van der Waals surface area contributed by atoms with Gasteiger partial charge in [0.15, 0.2) is 5.82 Å². The van der Waals surface area contributed by atoms with Gasteiger partial charge in [-0.25, -0.2) is 0 Å². The van der Waals surface area contributed by atoms with Crippen LogP contribution < -0.4 is 0 Å². The highest BCUT2D eigenvalue weighted by molar-refractivity contribution is 7.71. The molecule has 0 aliphatic heterocycles. The van der Waals surface area contributed by atoms with E-state index in [1.54, 1.807) is 16.0 Å². The molecule has 3 rings (SSSR count). The number of aromatic amines is 1. The molecule has 1 N–H and O–H groups in total. The average molecular weight is 264 g/mol. The highest BCUT2D eigenvalue weighted by Gasteiger charge is 2.29. The number of hydrogen-bond donors (Lipinski definition) is 1. The number of aryl methyl sites for hydroxylation is 1. The summed E-state index contributed by atoms with van der Waals surface area (Å²) in [5.74, 6) is 1.49. The molecule has 0 atom stereocenters. The molecule has 1 fully saturated rings. The monoisotopic (exact) mass is 264 g/mol. The molecule has 88 valence electrons. The minimum absolute atomic E-state index is 0.533. The van der Waals surface area contributed by atoms with Crippen LogP contribution >= 0.6 is 23.6 Å². The summed E-state index contributed by atoms with van der Waals surface area (Å²) in [5.41, 5.74) is 0. The molecule has 1 aliphatic carbocycles. The number of H-pyrrole nitrogens is 1. The van der Waals surface area contributed by atoms with Crippen molar-refractivity contribution in [3.63, 3.8) is 0 Å². The van der Waals surface area contributed by atoms with Crippen molar-refractivity contribution in [2.24, 2.45) is 5.10 Å². The van der Waals surface area contributed by atoms with Crippen LogP contribution in [-0.2, 0) is 0 Å². The molecule has 2 heterocycles. The van der Waals surface area contributed by atoms with Crippen LogP contribution in [0.4, 0.5) is 0 Å². The van der Waals surface area contributed by atoms with Gasteiger partial charge < -0.3 is 0 Å². The molecular formula is C11H12N4S2. The highest BCUT2D eigenvalue weighted by Crippen LogP contribution is 2.38. The van der Waals surface area contributed by atoms with E-state index in [0.29, 0.717) is 10.7 Å². The zero-order valence-corrected chi connectivity index (χ0v) is 11.0. The lowest BCUT2D eigenvalue weighted by atomic mass is 10.4. The van der Waals surface area contributed by atoms with E-state index in [1.807, 2.05) is 6.21 Å². The Hall–Kier alpha value is -1.27. The van der Waals surface area contributed by atoms with Gasteiger partial charge in [0.25, 0.3) is 0 Å². The van der Waals surface area contributed by atoms with Crippen LogP contribution in [0.25, 0.3) is 0 Å². The van der Waals surface area contributed by atoms with Crippen molar-refractivity contribution < 1.29 is 0 Å². The Morgan fingerprint density at radius 2 is 2.41 bits per heavy atom. The molecule has 2 aromatic rings. The van der Waals surface area contributed by atoms with Crippen LogP contribution in [0.5, 0.6) is 0 Å². The Balaban J connectivity index is 1.91. The molecule has 4 nitrogen and oxygen atoms in total. The van der Waals surface area contributed by atoms with Crippen LogP contribution in [-0.4, -0.2) is 21.1 Å². The minimum atomic E-state index is 0.533. The number of nitrogens with zero attached hydrogens (tertiary/aromatic N) is 3. The molecule has 0 aromatic carbocycles. The maximum absolute atomic E-state index is 5.18. The summed E-state index contributed by atoms with van der Waals surface area (Å²) in [4.78, 5) is 2.41. The van der Waals surface area contributed by atoms with Crippen LogP contribution in [0.3, 0.4) is 0 Å². The van der Waals surface area contributed by atoms with Crippen molar-refractivity contribution in [1.29, 1.82) is 0 Å². The van der Waals surface area contributed by atoms with E-state index in [0.717, 1.165) is 10.7 Å². The summed E-state index contributed by atoms with van der Waals surface area (Å²) in [6.45, 7) is 2.08. The van der Waals surface area contributed by atoms with Gasteiger partial charge in [0.05, 0.1) is 6.21 Å². The van der Waals surface area contributed by atoms with Crippen molar-refractivity contribution in [2.45, 2.75) is 25.7 Å². The fourth-order valence-electron chi connectivity index (χ4n) is 1.66. The fraction of sp³-hybridized carbons (Fsp3) is 0.364. The normalized spacial score (nSPS) is 15.8. The molecule has 0 bridgehead atoms. The first-order valence-corrected chi connectivity index (χ1v) is 6.74. The van der Waals surface area contributed by atoms with Crippen molar-refractivity contribution >= 4 is 29.8 Å². The Kier molecular flexibility index (Phi) is 2.68. The smallest absolute Gasteiger partial charge is 0.216 e. The van der Waals surface area contributed by atoms with E-state index in [4.69, 9.17) is 12.2 Å². The summed E-state index contributed by atoms with van der Waals surface area (Å²) in [6, 6.07) is 4.15. The second kappa shape index (κ2) is 4.19. The molecular weight excluding hydrogens is 252 g/mol. The number of thiophene rings is 1. The molecule has 0 radical (unpaired) electrons. The van der Waals surface area contributed by atoms with Crippen LogP contribution in [0.2, 0.25) is 0 Å². The van der Waals surface area contributed by atoms with Gasteiger partial charge in [0.2, 0.25) is 4.77 Å². The Bertz CT molecular complexity index is 615. The summed E-state index contributed by atoms with van der Waals surface area (Å²) in [7, 11) is 0. The summed E-state index contributed by atoms with van der Waals surface area (Å²) < 4.78 is 2.30. The van der Waals surface area contributed by atoms with E-state index in [1.165, 1.54) is 17.7 Å². The van der Waals surface area contributed by atoms with Gasteiger partial charge in [0.1, 0.15) is 0 Å². The van der Waals surface area contributed by atoms with Crippen molar-refractivity contribution in [3.05, 3.63) is 32.5 Å². The second-order valence-corrected chi connectivity index (χ2v) is 5.87. The van der Waals surface area contributed by atoms with Gasteiger partial charge >= 0.3 is 0 Å². The Morgan fingerprint density at radius 1 is 1.59 bits per heavy atom. The summed E-state index contributed by atoms with van der Waals surface area (Å²) in [6.07, 6.45) is 4.22. The number of hydrogen-bond acceptors (Lipinski definition) is 4. The van der Waals surface area contributed by atoms with Gasteiger partial charge in [-0.1, -0.05) is 0 Å². The number of rotatable bonds is 3. The highest BCUT2D eigenvalue weighted by atomic mass is 32.1. The third kappa shape index (κ3) is 2.23. The predicted octanol–water partition coefficient (Wildman–Crippen LogP) is 3.07. The lowest BCUT2D eigenvalue weighted by molar-refractivity contribution is 0.773. The molecule has 0 saturated heterocycles. The van der Waals surface area contributed by atoms with Gasteiger partial charge in [-0.2, -0.15) is 14.9 Å². The molecule has 0 spiro atoms. The van der Waals surface area contributed by atoms with Gasteiger partial charge in [-0.3, -0.25) is 5.10 Å². The lowest BCUT2D eigenvalue weighted by Gasteiger charge is -1.96. The SMILES string of the molecule is Cc1ccc(/C=N\n2c(C3CC3)n[nH]c2=S)s1. The van der Waals surface area contributed by atoms with Crippen LogP contribution in [0.15, 0.2) is 17.2 Å². The zero-order valence-electron chi connectivity index (χ0n) is 9.38. The molecule has 1 saturated carbocycles. The standard InChI is InChI=1S/C11H12N4S2/c1-7-2-5-9(17-7)6-12-15-10(8-3-4-8)13-14-11(15)16/h2,5-6,8H,3-4H2,1H3,(H,14,16)/b12-6-. The van der Waals surface area contributed by atoms with E-state index < -0.39 is 0 Å². The summed E-state index contributed by atoms with van der Waals surface area (Å²) >= 11 is 6.89. The van der Waals surface area contributed by atoms with Gasteiger partial charge in [-0.15, -0.1) is 11.3 Å². The maximum Gasteiger partial charge on any atom is 0.216 e. The van der Waals surface area contributed by atoms with Crippen LogP contribution in [0, 0.1) is 11.7 Å². The van der Waals surface area contributed by atoms with E-state index in [9.17, 15) is 0 Å². The minimum Gasteiger partial charge on any atom is -0.250 e. The Labute approximate surface area is 108 Å². The zero-order chi connectivity index (χ0) is 11.8. The molecule has 6 heteroatoms.